The largest absolute Gasteiger partial charge is 0.376 e. The topological polar surface area (TPSA) is 57.9 Å². The summed E-state index contributed by atoms with van der Waals surface area (Å²) in [5, 5.41) is 5.86. The third kappa shape index (κ3) is 4.87. The van der Waals surface area contributed by atoms with Gasteiger partial charge in [0.05, 0.1) is 31.1 Å². The fourth-order valence-electron chi connectivity index (χ4n) is 4.63. The Morgan fingerprint density at radius 1 is 1.37 bits per heavy atom. The number of nitrogens with one attached hydrogen (secondary N) is 1. The zero-order valence-electron chi connectivity index (χ0n) is 18.3. The minimum Gasteiger partial charge on any atom is -0.376 e. The second-order valence-corrected chi connectivity index (χ2v) is 9.40. The summed E-state index contributed by atoms with van der Waals surface area (Å²) in [6, 6.07) is 5.15. The third-order valence-corrected chi connectivity index (χ3v) is 7.35. The van der Waals surface area contributed by atoms with Crippen LogP contribution in [0.1, 0.15) is 37.2 Å². The van der Waals surface area contributed by atoms with Crippen LogP contribution in [0.15, 0.2) is 41.2 Å². The molecule has 2 fully saturated rings. The van der Waals surface area contributed by atoms with E-state index < -0.39 is 0 Å². The summed E-state index contributed by atoms with van der Waals surface area (Å²) < 4.78 is 8.02. The van der Waals surface area contributed by atoms with E-state index in [2.05, 4.69) is 67.2 Å². The molecule has 2 aromatic rings. The molecule has 4 atom stereocenters. The molecule has 0 aliphatic carbocycles. The van der Waals surface area contributed by atoms with Gasteiger partial charge in [0.15, 0.2) is 5.96 Å². The van der Waals surface area contributed by atoms with Crippen molar-refractivity contribution < 1.29 is 4.74 Å². The van der Waals surface area contributed by atoms with Crippen LogP contribution in [0, 0.1) is 5.92 Å². The minimum absolute atomic E-state index is 0.278. The molecule has 2 aliphatic heterocycles. The van der Waals surface area contributed by atoms with Crippen LogP contribution in [-0.2, 0) is 4.74 Å². The first kappa shape index (κ1) is 21.3. The number of ether oxygens (including phenoxy) is 1. The Labute approximate surface area is 183 Å². The zero-order valence-corrected chi connectivity index (χ0v) is 19.1. The van der Waals surface area contributed by atoms with Gasteiger partial charge in [-0.1, -0.05) is 13.0 Å². The Morgan fingerprint density at radius 3 is 2.97 bits per heavy atom. The first-order valence-corrected chi connectivity index (χ1v) is 11.9. The smallest absolute Gasteiger partial charge is 0.193 e. The van der Waals surface area contributed by atoms with Crippen LogP contribution in [0.4, 0.5) is 0 Å². The van der Waals surface area contributed by atoms with Crippen LogP contribution >= 0.6 is 11.3 Å². The molecule has 1 N–H and O–H groups in total. The van der Waals surface area contributed by atoms with Crippen LogP contribution in [0.5, 0.6) is 0 Å². The summed E-state index contributed by atoms with van der Waals surface area (Å²) >= 11 is 1.83. The van der Waals surface area contributed by atoms with E-state index >= 15 is 0 Å². The van der Waals surface area contributed by atoms with Crippen molar-refractivity contribution in [1.82, 2.24) is 24.7 Å². The van der Waals surface area contributed by atoms with Crippen molar-refractivity contribution in [2.24, 2.45) is 10.9 Å². The van der Waals surface area contributed by atoms with Crippen LogP contribution < -0.4 is 5.32 Å². The monoisotopic (exact) mass is 430 g/mol. The lowest BCUT2D eigenvalue weighted by Crippen LogP contribution is -2.51. The van der Waals surface area contributed by atoms with Crippen LogP contribution in [0.25, 0.3) is 0 Å². The van der Waals surface area contributed by atoms with Gasteiger partial charge >= 0.3 is 0 Å². The maximum absolute atomic E-state index is 5.78. The van der Waals surface area contributed by atoms with Gasteiger partial charge in [0, 0.05) is 57.0 Å². The van der Waals surface area contributed by atoms with Gasteiger partial charge in [-0.25, -0.2) is 4.98 Å². The van der Waals surface area contributed by atoms with E-state index in [1.165, 1.54) is 4.88 Å². The van der Waals surface area contributed by atoms with E-state index in [0.29, 0.717) is 18.0 Å². The number of guanidine groups is 1. The Morgan fingerprint density at radius 2 is 2.27 bits per heavy atom. The van der Waals surface area contributed by atoms with E-state index in [4.69, 9.17) is 4.74 Å². The first-order chi connectivity index (χ1) is 14.7. The molecule has 4 heterocycles. The molecule has 0 radical (unpaired) electrons. The van der Waals surface area contributed by atoms with Crippen LogP contribution in [-0.4, -0.2) is 77.8 Å². The molecule has 30 heavy (non-hydrogen) atoms. The van der Waals surface area contributed by atoms with Gasteiger partial charge in [0.1, 0.15) is 0 Å². The van der Waals surface area contributed by atoms with Crippen molar-refractivity contribution in [2.75, 3.05) is 46.4 Å². The van der Waals surface area contributed by atoms with Crippen molar-refractivity contribution in [2.45, 2.75) is 38.5 Å². The number of hydrogen-bond donors (Lipinski definition) is 1. The highest BCUT2D eigenvalue weighted by molar-refractivity contribution is 7.10. The Hall–Kier alpha value is -1.90. The van der Waals surface area contributed by atoms with Crippen molar-refractivity contribution in [3.63, 3.8) is 0 Å². The minimum atomic E-state index is 0.278. The number of piperidine rings is 1. The van der Waals surface area contributed by atoms with Crippen molar-refractivity contribution in [1.29, 1.82) is 0 Å². The first-order valence-electron chi connectivity index (χ1n) is 11.0. The number of thiophene rings is 1. The summed E-state index contributed by atoms with van der Waals surface area (Å²) in [5.41, 5.74) is 0. The number of aromatic nitrogens is 2. The molecule has 0 bridgehead atoms. The lowest BCUT2D eigenvalue weighted by atomic mass is 9.93. The van der Waals surface area contributed by atoms with Crippen LogP contribution in [0.3, 0.4) is 0 Å². The van der Waals surface area contributed by atoms with Gasteiger partial charge in [-0.2, -0.15) is 0 Å². The molecule has 0 amide bonds. The normalized spacial score (nSPS) is 27.2. The van der Waals surface area contributed by atoms with E-state index in [0.717, 1.165) is 51.7 Å². The number of likely N-dealkylation sites (tertiary alicyclic amines) is 1. The van der Waals surface area contributed by atoms with Crippen molar-refractivity contribution in [3.8, 4) is 0 Å². The van der Waals surface area contributed by atoms with E-state index in [9.17, 15) is 0 Å². The summed E-state index contributed by atoms with van der Waals surface area (Å²) in [6.45, 7) is 10.1. The lowest BCUT2D eigenvalue weighted by molar-refractivity contribution is -0.0334. The fraction of sp³-hybridized carbons (Fsp3) is 0.636. The van der Waals surface area contributed by atoms with Gasteiger partial charge < -0.3 is 19.5 Å². The molecule has 2 saturated heterocycles. The standard InChI is InChI=1S/C22H34N6OS/c1-17-6-8-27(15-20(17)28-9-7-24-16-28)22(23-3)25-13-19(21-5-4-12-30-21)26-10-11-29-18(2)14-26/h4-5,7,9,12,16-20H,6,8,10-11,13-15H2,1-3H3,(H,23,25). The van der Waals surface area contributed by atoms with Gasteiger partial charge in [-0.05, 0) is 30.7 Å². The summed E-state index contributed by atoms with van der Waals surface area (Å²) in [4.78, 5) is 15.2. The van der Waals surface area contributed by atoms with Gasteiger partial charge in [-0.15, -0.1) is 11.3 Å². The second-order valence-electron chi connectivity index (χ2n) is 8.42. The van der Waals surface area contributed by atoms with E-state index in [1.54, 1.807) is 0 Å². The molecule has 4 unspecified atom stereocenters. The molecule has 0 saturated carbocycles. The van der Waals surface area contributed by atoms with Crippen molar-refractivity contribution >= 4 is 17.3 Å². The molecule has 2 aromatic heterocycles. The van der Waals surface area contributed by atoms with E-state index in [1.807, 2.05) is 30.9 Å². The predicted molar refractivity (Wildman–Crippen MR) is 122 cm³/mol. The number of morpholine rings is 1. The maximum atomic E-state index is 5.78. The van der Waals surface area contributed by atoms with Gasteiger partial charge in [0.25, 0.3) is 0 Å². The van der Waals surface area contributed by atoms with Crippen LogP contribution in [0.2, 0.25) is 0 Å². The summed E-state index contributed by atoms with van der Waals surface area (Å²) in [5.74, 6) is 1.62. The summed E-state index contributed by atoms with van der Waals surface area (Å²) in [7, 11) is 1.89. The second kappa shape index (κ2) is 9.94. The Balaban J connectivity index is 1.43. The molecule has 0 aromatic carbocycles. The number of rotatable bonds is 5. The highest BCUT2D eigenvalue weighted by atomic mass is 32.1. The molecule has 0 spiro atoms. The molecule has 164 valence electrons. The fourth-order valence-corrected chi connectivity index (χ4v) is 5.50. The SMILES string of the molecule is CN=C(NCC(c1cccs1)N1CCOC(C)C1)N1CCC(C)C(n2ccnc2)C1. The Bertz CT molecular complexity index is 793. The molecule has 7 nitrogen and oxygen atoms in total. The van der Waals surface area contributed by atoms with E-state index in [-0.39, 0.29) is 6.10 Å². The average molecular weight is 431 g/mol. The number of aliphatic imine (C=N–C) groups is 1. The van der Waals surface area contributed by atoms with Crippen molar-refractivity contribution in [3.05, 3.63) is 41.1 Å². The highest BCUT2D eigenvalue weighted by Crippen LogP contribution is 2.29. The molecule has 8 heteroatoms. The predicted octanol–water partition coefficient (Wildman–Crippen LogP) is 2.86. The quantitative estimate of drug-likeness (QED) is 0.584. The molecule has 2 aliphatic rings. The lowest BCUT2D eigenvalue weighted by Gasteiger charge is -2.40. The third-order valence-electron chi connectivity index (χ3n) is 6.38. The molecular weight excluding hydrogens is 396 g/mol. The average Bonchev–Trinajstić information content (AvgIpc) is 3.46. The highest BCUT2D eigenvalue weighted by Gasteiger charge is 2.30. The number of hydrogen-bond acceptors (Lipinski definition) is 5. The number of nitrogens with zero attached hydrogens (tertiary/aromatic N) is 5. The maximum Gasteiger partial charge on any atom is 0.193 e. The zero-order chi connectivity index (χ0) is 20.9. The molecule has 4 rings (SSSR count). The molecular formula is C22H34N6OS. The van der Waals surface area contributed by atoms with Gasteiger partial charge in [0.2, 0.25) is 0 Å². The number of imidazole rings is 1. The van der Waals surface area contributed by atoms with Gasteiger partial charge in [-0.3, -0.25) is 9.89 Å². The summed E-state index contributed by atoms with van der Waals surface area (Å²) in [6.07, 6.45) is 7.31. The Kier molecular flexibility index (Phi) is 7.07.